The number of hydrogen-bond donors (Lipinski definition) is 2. The first-order valence-electron chi connectivity index (χ1n) is 18.4. The molecule has 2 heterocycles. The Morgan fingerprint density at radius 2 is 0.653 bits per heavy atom. The van der Waals surface area contributed by atoms with Gasteiger partial charge in [0.05, 0.1) is 153 Å². The van der Waals surface area contributed by atoms with Crippen molar-refractivity contribution in [1.82, 2.24) is 0 Å². The van der Waals surface area contributed by atoms with E-state index in [1.54, 1.807) is 0 Å². The summed E-state index contributed by atoms with van der Waals surface area (Å²) in [5.74, 6) is 0.126. The standard InChI is InChI=1S/C36H70O13/c1-24(12-37)39-13-25(2)40-14-26(3)41-15-27(4)42-16-28(5)43-17-29(6)44-18-30(7)45-19-31(8)46-20-32(9)47-23-36(38)33(10-34-21-48-34)11-35-22-49-35/h24-38H,10-23H2,1-9H3. The Kier molecular flexibility index (Phi) is 23.2. The van der Waals surface area contributed by atoms with Crippen molar-refractivity contribution >= 4 is 0 Å². The second kappa shape index (κ2) is 25.5. The molecule has 292 valence electrons. The van der Waals surface area contributed by atoms with Gasteiger partial charge in [-0.3, -0.25) is 0 Å². The molecule has 0 aromatic carbocycles. The predicted octanol–water partition coefficient (Wildman–Crippen LogP) is 3.18. The van der Waals surface area contributed by atoms with Crippen LogP contribution < -0.4 is 0 Å². The highest BCUT2D eigenvalue weighted by molar-refractivity contribution is 4.83. The van der Waals surface area contributed by atoms with E-state index in [2.05, 4.69) is 0 Å². The van der Waals surface area contributed by atoms with Gasteiger partial charge in [-0.25, -0.2) is 0 Å². The molecule has 13 heteroatoms. The van der Waals surface area contributed by atoms with Crippen molar-refractivity contribution < 1.29 is 62.3 Å². The van der Waals surface area contributed by atoms with Gasteiger partial charge in [0.25, 0.3) is 0 Å². The van der Waals surface area contributed by atoms with Crippen LogP contribution in [0.5, 0.6) is 0 Å². The number of rotatable bonds is 33. The summed E-state index contributed by atoms with van der Waals surface area (Å²) in [5, 5.41) is 19.7. The quantitative estimate of drug-likeness (QED) is 0.0962. The fourth-order valence-electron chi connectivity index (χ4n) is 4.73. The lowest BCUT2D eigenvalue weighted by atomic mass is 9.92. The van der Waals surface area contributed by atoms with Crippen LogP contribution in [0.3, 0.4) is 0 Å². The van der Waals surface area contributed by atoms with E-state index in [9.17, 15) is 5.11 Å². The molecule has 0 bridgehead atoms. The zero-order valence-corrected chi connectivity index (χ0v) is 31.8. The number of hydrogen-bond acceptors (Lipinski definition) is 13. The van der Waals surface area contributed by atoms with Crippen molar-refractivity contribution in [2.24, 2.45) is 5.92 Å². The van der Waals surface area contributed by atoms with Crippen LogP contribution in [-0.4, -0.2) is 163 Å². The molecule has 0 amide bonds. The average Bonchev–Trinajstić information content (AvgIpc) is 4.03. The Morgan fingerprint density at radius 1 is 0.429 bits per heavy atom. The molecule has 0 spiro atoms. The van der Waals surface area contributed by atoms with Crippen molar-refractivity contribution in [2.45, 2.75) is 148 Å². The van der Waals surface area contributed by atoms with Crippen molar-refractivity contribution in [3.63, 3.8) is 0 Å². The summed E-state index contributed by atoms with van der Waals surface area (Å²) in [6.45, 7) is 22.9. The molecule has 0 aromatic rings. The van der Waals surface area contributed by atoms with Gasteiger partial charge in [-0.15, -0.1) is 0 Å². The van der Waals surface area contributed by atoms with Crippen LogP contribution in [0.4, 0.5) is 0 Å². The first-order chi connectivity index (χ1) is 23.3. The third kappa shape index (κ3) is 23.6. The van der Waals surface area contributed by atoms with Gasteiger partial charge < -0.3 is 62.3 Å². The Hall–Kier alpha value is -0.520. The summed E-state index contributed by atoms with van der Waals surface area (Å²) in [7, 11) is 0. The molecule has 49 heavy (non-hydrogen) atoms. The molecule has 2 aliphatic rings. The summed E-state index contributed by atoms with van der Waals surface area (Å²) in [6, 6.07) is 0. The Morgan fingerprint density at radius 3 is 0.878 bits per heavy atom. The van der Waals surface area contributed by atoms with E-state index >= 15 is 0 Å². The Labute approximate surface area is 295 Å². The summed E-state index contributed by atoms with van der Waals surface area (Å²) in [4.78, 5) is 0. The normalized spacial score (nSPS) is 24.3. The van der Waals surface area contributed by atoms with Gasteiger partial charge in [0.15, 0.2) is 0 Å². The summed E-state index contributed by atoms with van der Waals surface area (Å²) < 4.78 is 63.3. The molecule has 13 nitrogen and oxygen atoms in total. The molecular weight excluding hydrogens is 640 g/mol. The van der Waals surface area contributed by atoms with E-state index in [4.69, 9.17) is 57.2 Å². The van der Waals surface area contributed by atoms with E-state index in [0.717, 1.165) is 26.1 Å². The van der Waals surface area contributed by atoms with Crippen LogP contribution in [-0.2, 0) is 52.1 Å². The van der Waals surface area contributed by atoms with E-state index < -0.39 is 6.10 Å². The summed E-state index contributed by atoms with van der Waals surface area (Å²) >= 11 is 0. The monoisotopic (exact) mass is 710 g/mol. The lowest BCUT2D eigenvalue weighted by Gasteiger charge is -2.24. The minimum Gasteiger partial charge on any atom is -0.394 e. The Bertz CT molecular complexity index is 787. The second-order valence-electron chi connectivity index (χ2n) is 14.2. The first kappa shape index (κ1) is 44.6. The SMILES string of the molecule is CC(CO)OCC(C)OCC(C)OCC(C)OCC(C)OCC(C)OCC(C)OCC(C)OCC(C)OCC(O)C(CC1CO1)CC1CO1. The number of epoxide rings is 2. The number of aliphatic hydroxyl groups is 2. The van der Waals surface area contributed by atoms with Crippen molar-refractivity contribution in [1.29, 1.82) is 0 Å². The van der Waals surface area contributed by atoms with E-state index in [0.29, 0.717) is 52.9 Å². The molecule has 12 unspecified atom stereocenters. The molecule has 0 radical (unpaired) electrons. The highest BCUT2D eigenvalue weighted by Gasteiger charge is 2.35. The van der Waals surface area contributed by atoms with Crippen molar-refractivity contribution in [3.05, 3.63) is 0 Å². The molecule has 0 aromatic heterocycles. The molecule has 2 aliphatic heterocycles. The van der Waals surface area contributed by atoms with E-state index in [-0.39, 0.29) is 86.3 Å². The minimum atomic E-state index is -0.541. The van der Waals surface area contributed by atoms with E-state index in [1.165, 1.54) is 0 Å². The smallest absolute Gasteiger partial charge is 0.0813 e. The predicted molar refractivity (Wildman–Crippen MR) is 184 cm³/mol. The van der Waals surface area contributed by atoms with Gasteiger partial charge in [-0.2, -0.15) is 0 Å². The van der Waals surface area contributed by atoms with Gasteiger partial charge in [-0.1, -0.05) is 0 Å². The maximum absolute atomic E-state index is 10.7. The van der Waals surface area contributed by atoms with E-state index in [1.807, 2.05) is 62.3 Å². The van der Waals surface area contributed by atoms with Crippen LogP contribution in [0.25, 0.3) is 0 Å². The lowest BCUT2D eigenvalue weighted by molar-refractivity contribution is -0.112. The number of ether oxygens (including phenoxy) is 11. The van der Waals surface area contributed by atoms with Crippen LogP contribution in [0.15, 0.2) is 0 Å². The molecule has 2 rings (SSSR count). The summed E-state index contributed by atoms with van der Waals surface area (Å²) in [6.07, 6.45) is 0.736. The van der Waals surface area contributed by atoms with Crippen LogP contribution in [0.2, 0.25) is 0 Å². The fraction of sp³-hybridized carbons (Fsp3) is 1.00. The minimum absolute atomic E-state index is 0.00596. The fourth-order valence-corrected chi connectivity index (χ4v) is 4.73. The third-order valence-corrected chi connectivity index (χ3v) is 8.21. The molecule has 2 saturated heterocycles. The lowest BCUT2D eigenvalue weighted by Crippen LogP contribution is -2.32. The molecule has 2 fully saturated rings. The zero-order chi connectivity index (χ0) is 36.2. The first-order valence-corrected chi connectivity index (χ1v) is 18.4. The highest BCUT2D eigenvalue weighted by Crippen LogP contribution is 2.29. The Balaban J connectivity index is 1.45. The topological polar surface area (TPSA) is 149 Å². The molecule has 0 saturated carbocycles. The second-order valence-corrected chi connectivity index (χ2v) is 14.2. The molecule has 2 N–H and O–H groups in total. The maximum atomic E-state index is 10.7. The zero-order valence-electron chi connectivity index (χ0n) is 31.8. The van der Waals surface area contributed by atoms with Crippen molar-refractivity contribution in [3.8, 4) is 0 Å². The van der Waals surface area contributed by atoms with Crippen LogP contribution in [0.1, 0.15) is 75.2 Å². The molecule has 12 atom stereocenters. The van der Waals surface area contributed by atoms with Gasteiger partial charge >= 0.3 is 0 Å². The summed E-state index contributed by atoms with van der Waals surface area (Å²) in [5.41, 5.74) is 0. The van der Waals surface area contributed by atoms with Crippen LogP contribution in [0, 0.1) is 5.92 Å². The van der Waals surface area contributed by atoms with Gasteiger partial charge in [0, 0.05) is 0 Å². The number of aliphatic hydroxyl groups excluding tert-OH is 2. The largest absolute Gasteiger partial charge is 0.394 e. The maximum Gasteiger partial charge on any atom is 0.0813 e. The molecule has 0 aliphatic carbocycles. The van der Waals surface area contributed by atoms with Gasteiger partial charge in [-0.05, 0) is 81.1 Å². The van der Waals surface area contributed by atoms with Gasteiger partial charge in [0.2, 0.25) is 0 Å². The average molecular weight is 711 g/mol. The van der Waals surface area contributed by atoms with Crippen molar-refractivity contribution in [2.75, 3.05) is 79.3 Å². The highest BCUT2D eigenvalue weighted by atomic mass is 16.6. The van der Waals surface area contributed by atoms with Crippen LogP contribution >= 0.6 is 0 Å². The third-order valence-electron chi connectivity index (χ3n) is 8.21. The van der Waals surface area contributed by atoms with Gasteiger partial charge in [0.1, 0.15) is 0 Å². The molecular formula is C36H70O13.